The van der Waals surface area contributed by atoms with Gasteiger partial charge in [0.1, 0.15) is 11.8 Å². The second kappa shape index (κ2) is 8.36. The Morgan fingerprint density at radius 3 is 2.77 bits per heavy atom. The number of amides is 1. The van der Waals surface area contributed by atoms with Gasteiger partial charge in [0.2, 0.25) is 5.91 Å². The van der Waals surface area contributed by atoms with Gasteiger partial charge in [-0.3, -0.25) is 4.79 Å². The van der Waals surface area contributed by atoms with E-state index in [2.05, 4.69) is 24.1 Å². The van der Waals surface area contributed by atoms with E-state index in [9.17, 15) is 4.79 Å². The number of fused-ring (bicyclic) bond motifs is 1. The topological polar surface area (TPSA) is 71.9 Å². The van der Waals surface area contributed by atoms with Crippen molar-refractivity contribution in [2.45, 2.75) is 33.2 Å². The molecule has 0 spiro atoms. The fourth-order valence-electron chi connectivity index (χ4n) is 3.76. The van der Waals surface area contributed by atoms with E-state index in [1.54, 1.807) is 7.11 Å². The van der Waals surface area contributed by atoms with Crippen LogP contribution in [0.5, 0.6) is 5.75 Å². The van der Waals surface area contributed by atoms with Crippen LogP contribution in [0.25, 0.3) is 22.2 Å². The van der Waals surface area contributed by atoms with E-state index in [4.69, 9.17) is 9.72 Å². The summed E-state index contributed by atoms with van der Waals surface area (Å²) in [5.74, 6) is 1.16. The Bertz CT molecular complexity index is 1160. The van der Waals surface area contributed by atoms with Crippen molar-refractivity contribution in [2.75, 3.05) is 12.4 Å². The highest BCUT2D eigenvalue weighted by molar-refractivity contribution is 7.14. The Balaban J connectivity index is 1.61. The molecule has 2 N–H and O–H groups in total. The first-order valence-corrected chi connectivity index (χ1v) is 10.9. The molecule has 7 heteroatoms. The molecule has 0 bridgehead atoms. The minimum Gasteiger partial charge on any atom is -0.497 e. The van der Waals surface area contributed by atoms with Crippen LogP contribution in [0.2, 0.25) is 0 Å². The predicted octanol–water partition coefficient (Wildman–Crippen LogP) is 5.64. The molecule has 0 fully saturated rings. The maximum atomic E-state index is 13.0. The number of aromatic nitrogens is 3. The van der Waals surface area contributed by atoms with Crippen LogP contribution < -0.4 is 10.1 Å². The standard InChI is InChI=1S/C23H26N4O2S/c1-14(2)11-20(27-9-5-6-10-27)22(28)26-23-25-19(13-30-23)21-15(3)24-18-8-7-16(29-4)12-17(18)21/h5-10,12-14,20,24H,11H2,1-4H3,(H,25,26,28)/t20-/m0/s1. The monoisotopic (exact) mass is 422 g/mol. The fourth-order valence-corrected chi connectivity index (χ4v) is 4.47. The lowest BCUT2D eigenvalue weighted by molar-refractivity contribution is -0.119. The van der Waals surface area contributed by atoms with Crippen LogP contribution >= 0.6 is 11.3 Å². The Labute approximate surface area is 179 Å². The van der Waals surface area contributed by atoms with Crippen molar-refractivity contribution in [3.8, 4) is 17.0 Å². The van der Waals surface area contributed by atoms with Crippen LogP contribution in [0.3, 0.4) is 0 Å². The average molecular weight is 423 g/mol. The van der Waals surface area contributed by atoms with Crippen LogP contribution in [0, 0.1) is 12.8 Å². The number of rotatable bonds is 7. The molecule has 1 atom stereocenters. The number of nitrogens with zero attached hydrogens (tertiary/aromatic N) is 2. The second-order valence-corrected chi connectivity index (χ2v) is 8.70. The third kappa shape index (κ3) is 3.98. The van der Waals surface area contributed by atoms with Crippen LogP contribution in [-0.2, 0) is 4.79 Å². The second-order valence-electron chi connectivity index (χ2n) is 7.84. The molecule has 0 aliphatic heterocycles. The number of benzene rings is 1. The summed E-state index contributed by atoms with van der Waals surface area (Å²) in [5.41, 5.74) is 3.94. The minimum atomic E-state index is -0.258. The molecule has 0 aliphatic rings. The molecule has 0 unspecified atom stereocenters. The summed E-state index contributed by atoms with van der Waals surface area (Å²) in [6.07, 6.45) is 4.63. The number of H-pyrrole nitrogens is 1. The average Bonchev–Trinajstić information content (AvgIpc) is 3.44. The number of methoxy groups -OCH3 is 1. The van der Waals surface area contributed by atoms with Crippen molar-refractivity contribution >= 4 is 33.3 Å². The van der Waals surface area contributed by atoms with Crippen molar-refractivity contribution in [2.24, 2.45) is 5.92 Å². The van der Waals surface area contributed by atoms with Crippen LogP contribution in [0.1, 0.15) is 32.0 Å². The van der Waals surface area contributed by atoms with Gasteiger partial charge >= 0.3 is 0 Å². The summed E-state index contributed by atoms with van der Waals surface area (Å²) in [4.78, 5) is 21.1. The maximum Gasteiger partial charge on any atom is 0.249 e. The lowest BCUT2D eigenvalue weighted by Gasteiger charge is -2.19. The van der Waals surface area contributed by atoms with Crippen molar-refractivity contribution in [3.05, 3.63) is 53.8 Å². The first-order chi connectivity index (χ1) is 14.5. The highest BCUT2D eigenvalue weighted by atomic mass is 32.1. The van der Waals surface area contributed by atoms with Gasteiger partial charge in [-0.05, 0) is 49.6 Å². The van der Waals surface area contributed by atoms with E-state index in [1.165, 1.54) is 11.3 Å². The Morgan fingerprint density at radius 2 is 2.07 bits per heavy atom. The summed E-state index contributed by atoms with van der Waals surface area (Å²) in [7, 11) is 1.66. The van der Waals surface area contributed by atoms with E-state index in [0.717, 1.165) is 40.0 Å². The van der Waals surface area contributed by atoms with Gasteiger partial charge in [0, 0.05) is 39.9 Å². The molecular formula is C23H26N4O2S. The highest BCUT2D eigenvalue weighted by Gasteiger charge is 2.22. The number of hydrogen-bond donors (Lipinski definition) is 2. The van der Waals surface area contributed by atoms with Gasteiger partial charge < -0.3 is 19.6 Å². The number of aryl methyl sites for hydroxylation is 1. The molecule has 0 saturated heterocycles. The van der Waals surface area contributed by atoms with Crippen molar-refractivity contribution in [1.82, 2.24) is 14.5 Å². The smallest absolute Gasteiger partial charge is 0.249 e. The maximum absolute atomic E-state index is 13.0. The van der Waals surface area contributed by atoms with E-state index >= 15 is 0 Å². The van der Waals surface area contributed by atoms with Gasteiger partial charge in [-0.1, -0.05) is 13.8 Å². The number of carbonyl (C=O) groups is 1. The molecule has 4 rings (SSSR count). The van der Waals surface area contributed by atoms with Gasteiger partial charge in [-0.25, -0.2) is 4.98 Å². The Morgan fingerprint density at radius 1 is 1.30 bits per heavy atom. The van der Waals surface area contributed by atoms with E-state index in [0.29, 0.717) is 11.0 Å². The SMILES string of the molecule is COc1ccc2[nH]c(C)c(-c3csc(NC(=O)[C@H](CC(C)C)n4cccc4)n3)c2c1. The van der Waals surface area contributed by atoms with Crippen molar-refractivity contribution < 1.29 is 9.53 Å². The lowest BCUT2D eigenvalue weighted by atomic mass is 10.0. The third-order valence-electron chi connectivity index (χ3n) is 5.17. The fraction of sp³-hybridized carbons (Fsp3) is 0.304. The zero-order valence-electron chi connectivity index (χ0n) is 17.6. The molecule has 4 aromatic rings. The van der Waals surface area contributed by atoms with E-state index in [1.807, 2.05) is 59.6 Å². The minimum absolute atomic E-state index is 0.0434. The van der Waals surface area contributed by atoms with Crippen molar-refractivity contribution in [1.29, 1.82) is 0 Å². The molecule has 3 aromatic heterocycles. The summed E-state index contributed by atoms with van der Waals surface area (Å²) >= 11 is 1.44. The van der Waals surface area contributed by atoms with Crippen LogP contribution in [0.15, 0.2) is 48.1 Å². The molecule has 0 radical (unpaired) electrons. The quantitative estimate of drug-likeness (QED) is 0.405. The molecular weight excluding hydrogens is 396 g/mol. The predicted molar refractivity (Wildman–Crippen MR) is 122 cm³/mol. The van der Waals surface area contributed by atoms with Gasteiger partial charge in [0.25, 0.3) is 0 Å². The highest BCUT2D eigenvalue weighted by Crippen LogP contribution is 2.36. The summed E-state index contributed by atoms with van der Waals surface area (Å²) in [5, 5.41) is 6.66. The van der Waals surface area contributed by atoms with Gasteiger partial charge in [0.05, 0.1) is 12.8 Å². The summed E-state index contributed by atoms with van der Waals surface area (Å²) in [6.45, 7) is 6.28. The normalized spacial score (nSPS) is 12.4. The van der Waals surface area contributed by atoms with Gasteiger partial charge in [-0.2, -0.15) is 0 Å². The molecule has 1 amide bonds. The first kappa shape index (κ1) is 20.2. The zero-order valence-corrected chi connectivity index (χ0v) is 18.4. The molecule has 1 aromatic carbocycles. The number of ether oxygens (including phenoxy) is 1. The number of aromatic amines is 1. The molecule has 30 heavy (non-hydrogen) atoms. The third-order valence-corrected chi connectivity index (χ3v) is 5.93. The Kier molecular flexibility index (Phi) is 5.63. The molecule has 156 valence electrons. The van der Waals surface area contributed by atoms with E-state index in [-0.39, 0.29) is 11.9 Å². The number of hydrogen-bond acceptors (Lipinski definition) is 4. The van der Waals surface area contributed by atoms with Gasteiger partial charge in [-0.15, -0.1) is 11.3 Å². The first-order valence-electron chi connectivity index (χ1n) is 10.0. The van der Waals surface area contributed by atoms with Crippen LogP contribution in [0.4, 0.5) is 5.13 Å². The molecule has 3 heterocycles. The van der Waals surface area contributed by atoms with E-state index < -0.39 is 0 Å². The molecule has 6 nitrogen and oxygen atoms in total. The van der Waals surface area contributed by atoms with Crippen LogP contribution in [-0.4, -0.2) is 27.6 Å². The lowest BCUT2D eigenvalue weighted by Crippen LogP contribution is -2.26. The molecule has 0 saturated carbocycles. The largest absolute Gasteiger partial charge is 0.497 e. The zero-order chi connectivity index (χ0) is 21.3. The number of thiazole rings is 1. The van der Waals surface area contributed by atoms with Gasteiger partial charge in [0.15, 0.2) is 5.13 Å². The number of anilines is 1. The number of carbonyl (C=O) groups excluding carboxylic acids is 1. The summed E-state index contributed by atoms with van der Waals surface area (Å²) < 4.78 is 7.34. The summed E-state index contributed by atoms with van der Waals surface area (Å²) in [6, 6.07) is 9.58. The van der Waals surface area contributed by atoms with Crippen molar-refractivity contribution in [3.63, 3.8) is 0 Å². The molecule has 0 aliphatic carbocycles. The number of nitrogens with one attached hydrogen (secondary N) is 2. The Hall–Kier alpha value is -3.06.